The molecule has 0 atom stereocenters. The average molecular weight is 704 g/mol. The summed E-state index contributed by atoms with van der Waals surface area (Å²) >= 11 is 0. The number of aromatic nitrogens is 1. The SMILES string of the molecule is CC.CC(=O)c1coc(C2CC2)n1.CCCCCN1CCCC1=O.CCCN(CCC)c1ccccc1C.CCc1cc(C)c(C)cc1C(C)=O. The second kappa shape index (κ2) is 25.3. The molecule has 0 unspecified atom stereocenters. The summed E-state index contributed by atoms with van der Waals surface area (Å²) in [4.78, 5) is 41.7. The number of oxazole rings is 1. The maximum Gasteiger partial charge on any atom is 0.222 e. The van der Waals surface area contributed by atoms with Gasteiger partial charge in [0, 0.05) is 56.7 Å². The maximum atomic E-state index is 11.3. The van der Waals surface area contributed by atoms with E-state index in [0.717, 1.165) is 62.2 Å². The number of para-hydroxylation sites is 1. The number of nitrogens with zero attached hydrogens (tertiary/aromatic N) is 3. The molecule has 0 radical (unpaired) electrons. The molecule has 1 saturated heterocycles. The van der Waals surface area contributed by atoms with Gasteiger partial charge >= 0.3 is 0 Å². The van der Waals surface area contributed by atoms with Crippen LogP contribution >= 0.6 is 0 Å². The van der Waals surface area contributed by atoms with Crippen molar-refractivity contribution in [2.45, 2.75) is 146 Å². The van der Waals surface area contributed by atoms with E-state index in [-0.39, 0.29) is 11.6 Å². The van der Waals surface area contributed by atoms with Crippen molar-refractivity contribution < 1.29 is 18.8 Å². The molecule has 7 nitrogen and oxygen atoms in total. The molecule has 0 N–H and O–H groups in total. The van der Waals surface area contributed by atoms with E-state index >= 15 is 0 Å². The van der Waals surface area contributed by atoms with Crippen molar-refractivity contribution >= 4 is 23.2 Å². The molecule has 2 fully saturated rings. The van der Waals surface area contributed by atoms with Crippen molar-refractivity contribution in [2.75, 3.05) is 31.1 Å². The lowest BCUT2D eigenvalue weighted by Gasteiger charge is -2.25. The Kier molecular flexibility index (Phi) is 22.4. The molecule has 0 spiro atoms. The molecule has 1 aliphatic carbocycles. The number of hydrogen-bond donors (Lipinski definition) is 0. The molecular formula is C44H69N3O4. The molecule has 3 aromatic rings. The van der Waals surface area contributed by atoms with Crippen molar-refractivity contribution in [3.63, 3.8) is 0 Å². The lowest BCUT2D eigenvalue weighted by Crippen LogP contribution is -2.25. The molecule has 1 saturated carbocycles. The highest BCUT2D eigenvalue weighted by Gasteiger charge is 2.28. The second-order valence-corrected chi connectivity index (χ2v) is 13.4. The van der Waals surface area contributed by atoms with E-state index in [1.54, 1.807) is 6.92 Å². The highest BCUT2D eigenvalue weighted by Crippen LogP contribution is 2.39. The zero-order valence-electron chi connectivity index (χ0n) is 34.0. The smallest absolute Gasteiger partial charge is 0.222 e. The number of carbonyl (C=O) groups excluding carboxylic acids is 3. The zero-order chi connectivity index (χ0) is 38.3. The maximum absolute atomic E-state index is 11.3. The van der Waals surface area contributed by atoms with E-state index in [1.165, 1.54) is 80.8 Å². The first-order chi connectivity index (χ1) is 24.5. The van der Waals surface area contributed by atoms with Gasteiger partial charge in [0.25, 0.3) is 0 Å². The highest BCUT2D eigenvalue weighted by molar-refractivity contribution is 5.96. The third kappa shape index (κ3) is 16.4. The van der Waals surface area contributed by atoms with Crippen LogP contribution in [0.4, 0.5) is 5.69 Å². The van der Waals surface area contributed by atoms with Crippen molar-refractivity contribution in [3.05, 3.63) is 82.1 Å². The summed E-state index contributed by atoms with van der Waals surface area (Å²) in [5, 5.41) is 0. The normalized spacial score (nSPS) is 13.0. The van der Waals surface area contributed by atoms with Crippen LogP contribution in [0.3, 0.4) is 0 Å². The standard InChI is InChI=1S/C13H21N.C12H16O.C9H17NO.C8H9NO2.C2H6/c1-4-10-14(11-5-2)13-9-7-6-8-12(13)3;1-5-11-6-8(2)9(3)7-12(11)10(4)13;1-2-3-4-7-10-8-5-6-9(10)11;1-5(10)7-4-11-8(9-7)6-2-3-6;1-2/h6-9H,4-5,10-11H2,1-3H3;6-7H,5H2,1-4H3;2-8H2,1H3;4,6H,2-3H2,1H3;1-2H3. The first kappa shape index (κ1) is 45.3. The third-order valence-corrected chi connectivity index (χ3v) is 8.94. The number of amides is 1. The van der Waals surface area contributed by atoms with Crippen LogP contribution in [0.15, 0.2) is 47.1 Å². The van der Waals surface area contributed by atoms with Gasteiger partial charge in [-0.25, -0.2) is 4.98 Å². The number of Topliss-reactive ketones (excluding diaryl/α,β-unsaturated/α-hetero) is 2. The second-order valence-electron chi connectivity index (χ2n) is 13.4. The van der Waals surface area contributed by atoms with Gasteiger partial charge in [-0.2, -0.15) is 0 Å². The fourth-order valence-electron chi connectivity index (χ4n) is 5.77. The van der Waals surface area contributed by atoms with E-state index < -0.39 is 0 Å². The highest BCUT2D eigenvalue weighted by atomic mass is 16.3. The molecule has 284 valence electrons. The summed E-state index contributed by atoms with van der Waals surface area (Å²) in [6, 6.07) is 12.8. The van der Waals surface area contributed by atoms with Gasteiger partial charge in [-0.1, -0.05) is 78.6 Å². The number of ketones is 2. The summed E-state index contributed by atoms with van der Waals surface area (Å²) in [6.07, 6.45) is 12.6. The van der Waals surface area contributed by atoms with E-state index in [4.69, 9.17) is 4.42 Å². The van der Waals surface area contributed by atoms with Gasteiger partial charge in [0.15, 0.2) is 17.5 Å². The van der Waals surface area contributed by atoms with Crippen LogP contribution in [-0.4, -0.2) is 53.5 Å². The van der Waals surface area contributed by atoms with E-state index in [9.17, 15) is 14.4 Å². The van der Waals surface area contributed by atoms with Gasteiger partial charge in [0.1, 0.15) is 12.0 Å². The third-order valence-electron chi connectivity index (χ3n) is 8.94. The Morgan fingerprint density at radius 1 is 0.863 bits per heavy atom. The van der Waals surface area contributed by atoms with Crippen LogP contribution < -0.4 is 4.90 Å². The first-order valence-corrected chi connectivity index (χ1v) is 19.6. The molecule has 1 aliphatic heterocycles. The molecule has 7 heteroatoms. The molecule has 1 aromatic heterocycles. The number of unbranched alkanes of at least 4 members (excludes halogenated alkanes) is 2. The lowest BCUT2D eigenvalue weighted by molar-refractivity contribution is -0.127. The van der Waals surface area contributed by atoms with Crippen LogP contribution in [-0.2, 0) is 11.2 Å². The minimum Gasteiger partial charge on any atom is -0.448 e. The Morgan fingerprint density at radius 3 is 1.96 bits per heavy atom. The zero-order valence-corrected chi connectivity index (χ0v) is 34.0. The molecule has 2 aromatic carbocycles. The number of anilines is 1. The van der Waals surface area contributed by atoms with Gasteiger partial charge in [-0.05, 0) is 107 Å². The fourth-order valence-corrected chi connectivity index (χ4v) is 5.77. The van der Waals surface area contributed by atoms with Gasteiger partial charge < -0.3 is 14.2 Å². The number of benzene rings is 2. The summed E-state index contributed by atoms with van der Waals surface area (Å²) in [7, 11) is 0. The summed E-state index contributed by atoms with van der Waals surface area (Å²) in [5.41, 5.74) is 7.74. The number of likely N-dealkylation sites (tertiary alicyclic amines) is 1. The molecule has 51 heavy (non-hydrogen) atoms. The minimum atomic E-state index is -0.0272. The molecule has 0 bridgehead atoms. The monoisotopic (exact) mass is 704 g/mol. The van der Waals surface area contributed by atoms with E-state index in [0.29, 0.717) is 17.5 Å². The average Bonchev–Trinajstić information content (AvgIpc) is 3.70. The summed E-state index contributed by atoms with van der Waals surface area (Å²) in [5.74, 6) is 1.72. The van der Waals surface area contributed by atoms with E-state index in [1.807, 2.05) is 31.7 Å². The Labute approximate surface area is 310 Å². The van der Waals surface area contributed by atoms with Crippen molar-refractivity contribution in [3.8, 4) is 0 Å². The number of hydrogen-bond acceptors (Lipinski definition) is 6. The summed E-state index contributed by atoms with van der Waals surface area (Å²) < 4.78 is 5.12. The van der Waals surface area contributed by atoms with Crippen LogP contribution in [0.1, 0.15) is 168 Å². The van der Waals surface area contributed by atoms with Crippen LogP contribution in [0.2, 0.25) is 0 Å². The van der Waals surface area contributed by atoms with Gasteiger partial charge in [0.2, 0.25) is 5.91 Å². The molecule has 2 aliphatic rings. The predicted molar refractivity (Wildman–Crippen MR) is 214 cm³/mol. The van der Waals surface area contributed by atoms with Gasteiger partial charge in [-0.3, -0.25) is 14.4 Å². The first-order valence-electron chi connectivity index (χ1n) is 19.6. The van der Waals surface area contributed by atoms with Crippen LogP contribution in [0.25, 0.3) is 0 Å². The minimum absolute atomic E-state index is 0.0272. The molecule has 2 heterocycles. The quantitative estimate of drug-likeness (QED) is 0.130. The number of rotatable bonds is 13. The lowest BCUT2D eigenvalue weighted by atomic mass is 9.96. The van der Waals surface area contributed by atoms with Crippen molar-refractivity contribution in [1.82, 2.24) is 9.88 Å². The summed E-state index contributed by atoms with van der Waals surface area (Å²) in [6.45, 7) is 26.5. The number of aryl methyl sites for hydroxylation is 4. The largest absolute Gasteiger partial charge is 0.448 e. The van der Waals surface area contributed by atoms with E-state index in [2.05, 4.69) is 81.8 Å². The number of carbonyl (C=O) groups is 3. The topological polar surface area (TPSA) is 83.7 Å². The Bertz CT molecular complexity index is 1450. The van der Waals surface area contributed by atoms with Crippen molar-refractivity contribution in [1.29, 1.82) is 0 Å². The van der Waals surface area contributed by atoms with Crippen LogP contribution in [0, 0.1) is 20.8 Å². The fraction of sp³-hybridized carbons (Fsp3) is 0.591. The Balaban J connectivity index is 0.000000336. The van der Waals surface area contributed by atoms with Crippen LogP contribution in [0.5, 0.6) is 0 Å². The molecule has 5 rings (SSSR count). The Hall–Kier alpha value is -3.74. The van der Waals surface area contributed by atoms with Crippen molar-refractivity contribution in [2.24, 2.45) is 0 Å². The Morgan fingerprint density at radius 2 is 1.49 bits per heavy atom. The molecule has 1 amide bonds. The van der Waals surface area contributed by atoms with Gasteiger partial charge in [0.05, 0.1) is 0 Å². The molecular weight excluding hydrogens is 635 g/mol. The predicted octanol–water partition coefficient (Wildman–Crippen LogP) is 11.3. The van der Waals surface area contributed by atoms with Gasteiger partial charge in [-0.15, -0.1) is 0 Å².